The van der Waals surface area contributed by atoms with Crippen LogP contribution in [0, 0.1) is 5.82 Å². The summed E-state index contributed by atoms with van der Waals surface area (Å²) in [5.41, 5.74) is 0.748. The van der Waals surface area contributed by atoms with E-state index >= 15 is 0 Å². The van der Waals surface area contributed by atoms with Crippen molar-refractivity contribution in [2.45, 2.75) is 12.5 Å². The third-order valence-corrected chi connectivity index (χ3v) is 4.68. The van der Waals surface area contributed by atoms with Gasteiger partial charge in [-0.25, -0.2) is 4.39 Å². The summed E-state index contributed by atoms with van der Waals surface area (Å²) in [6.07, 6.45) is 3.77. The van der Waals surface area contributed by atoms with Crippen molar-refractivity contribution in [3.63, 3.8) is 0 Å². The average Bonchev–Trinajstić information content (AvgIpc) is 3.14. The molecule has 7 nitrogen and oxygen atoms in total. The predicted octanol–water partition coefficient (Wildman–Crippen LogP) is 0.842. The molecule has 4 rings (SSSR count). The Morgan fingerprint density at radius 1 is 1.20 bits per heavy atom. The number of benzene rings is 1. The number of nitrogens with zero attached hydrogens (tertiary/aromatic N) is 4. The van der Waals surface area contributed by atoms with Gasteiger partial charge in [-0.2, -0.15) is 0 Å². The fourth-order valence-electron chi connectivity index (χ4n) is 3.33. The largest absolute Gasteiger partial charge is 0.379 e. The first kappa shape index (κ1) is 15.9. The van der Waals surface area contributed by atoms with Crippen molar-refractivity contribution in [1.82, 2.24) is 19.8 Å². The van der Waals surface area contributed by atoms with E-state index in [9.17, 15) is 14.0 Å². The van der Waals surface area contributed by atoms with Crippen LogP contribution < -0.4 is 0 Å². The highest BCUT2D eigenvalue weighted by Gasteiger charge is 2.34. The standard InChI is InChI=1S/C17H17FN4O3/c18-13-8-15-14(19-2-3-20-15)7-12(13)17(24)21-4-5-22(16(23)9-21)11-1-6-25-10-11/h2-3,7-8,11H,1,4-6,9-10H2. The van der Waals surface area contributed by atoms with Gasteiger partial charge in [-0.1, -0.05) is 0 Å². The van der Waals surface area contributed by atoms with Crippen LogP contribution >= 0.6 is 0 Å². The van der Waals surface area contributed by atoms with E-state index in [2.05, 4.69) is 9.97 Å². The summed E-state index contributed by atoms with van der Waals surface area (Å²) >= 11 is 0. The van der Waals surface area contributed by atoms with Crippen LogP contribution in [0.5, 0.6) is 0 Å². The Hall–Kier alpha value is -2.61. The van der Waals surface area contributed by atoms with Crippen molar-refractivity contribution in [2.75, 3.05) is 32.8 Å². The van der Waals surface area contributed by atoms with E-state index in [1.807, 2.05) is 0 Å². The van der Waals surface area contributed by atoms with E-state index in [-0.39, 0.29) is 24.1 Å². The minimum atomic E-state index is -0.655. The van der Waals surface area contributed by atoms with Gasteiger partial charge in [0, 0.05) is 38.2 Å². The lowest BCUT2D eigenvalue weighted by Gasteiger charge is -2.37. The van der Waals surface area contributed by atoms with Gasteiger partial charge in [-0.3, -0.25) is 19.6 Å². The Balaban J connectivity index is 1.53. The monoisotopic (exact) mass is 344 g/mol. The topological polar surface area (TPSA) is 75.6 Å². The molecule has 1 unspecified atom stereocenters. The molecule has 3 heterocycles. The minimum absolute atomic E-state index is 0.0483. The van der Waals surface area contributed by atoms with E-state index in [4.69, 9.17) is 4.74 Å². The summed E-state index contributed by atoms with van der Waals surface area (Å²) in [5.74, 6) is -1.28. The number of piperazine rings is 1. The normalized spacial score (nSPS) is 21.2. The molecule has 0 saturated carbocycles. The molecule has 0 spiro atoms. The molecule has 0 N–H and O–H groups in total. The fourth-order valence-corrected chi connectivity index (χ4v) is 3.33. The molecular formula is C17H17FN4O3. The highest BCUT2D eigenvalue weighted by atomic mass is 19.1. The van der Waals surface area contributed by atoms with E-state index in [0.717, 1.165) is 6.42 Å². The molecule has 0 aliphatic carbocycles. The summed E-state index contributed by atoms with van der Waals surface area (Å²) in [5, 5.41) is 0. The second-order valence-electron chi connectivity index (χ2n) is 6.21. The van der Waals surface area contributed by atoms with Crippen molar-refractivity contribution in [3.8, 4) is 0 Å². The van der Waals surface area contributed by atoms with E-state index < -0.39 is 11.7 Å². The number of carbonyl (C=O) groups is 2. The van der Waals surface area contributed by atoms with Gasteiger partial charge in [-0.15, -0.1) is 0 Å². The van der Waals surface area contributed by atoms with Gasteiger partial charge in [-0.05, 0) is 12.5 Å². The molecule has 1 aromatic carbocycles. The molecule has 1 aromatic heterocycles. The average molecular weight is 344 g/mol. The van der Waals surface area contributed by atoms with E-state index in [0.29, 0.717) is 37.3 Å². The number of rotatable bonds is 2. The number of hydrogen-bond donors (Lipinski definition) is 0. The summed E-state index contributed by atoms with van der Waals surface area (Å²) in [6.45, 7) is 1.96. The lowest BCUT2D eigenvalue weighted by molar-refractivity contribution is -0.137. The zero-order valence-electron chi connectivity index (χ0n) is 13.5. The predicted molar refractivity (Wildman–Crippen MR) is 86.3 cm³/mol. The van der Waals surface area contributed by atoms with Crippen LogP contribution in [-0.2, 0) is 9.53 Å². The maximum absolute atomic E-state index is 14.3. The fraction of sp³-hybridized carbons (Fsp3) is 0.412. The van der Waals surface area contributed by atoms with Crippen molar-refractivity contribution >= 4 is 22.8 Å². The second kappa shape index (κ2) is 6.36. The third-order valence-electron chi connectivity index (χ3n) is 4.68. The van der Waals surface area contributed by atoms with Gasteiger partial charge >= 0.3 is 0 Å². The summed E-state index contributed by atoms with van der Waals surface area (Å²) < 4.78 is 19.6. The van der Waals surface area contributed by atoms with Crippen LogP contribution in [0.4, 0.5) is 4.39 Å². The molecular weight excluding hydrogens is 327 g/mol. The lowest BCUT2D eigenvalue weighted by atomic mass is 10.1. The van der Waals surface area contributed by atoms with Crippen LogP contribution in [-0.4, -0.2) is 70.5 Å². The van der Waals surface area contributed by atoms with E-state index in [1.54, 1.807) is 4.90 Å². The van der Waals surface area contributed by atoms with Gasteiger partial charge in [0.15, 0.2) is 0 Å². The molecule has 2 aromatic rings. The van der Waals surface area contributed by atoms with Crippen molar-refractivity contribution in [1.29, 1.82) is 0 Å². The number of amides is 2. The highest BCUT2D eigenvalue weighted by molar-refractivity contribution is 5.99. The van der Waals surface area contributed by atoms with Crippen LogP contribution in [0.1, 0.15) is 16.8 Å². The molecule has 2 amide bonds. The second-order valence-corrected chi connectivity index (χ2v) is 6.21. The molecule has 0 bridgehead atoms. The van der Waals surface area contributed by atoms with E-state index in [1.165, 1.54) is 29.4 Å². The van der Waals surface area contributed by atoms with Gasteiger partial charge in [0.25, 0.3) is 5.91 Å². The molecule has 2 aliphatic rings. The van der Waals surface area contributed by atoms with Gasteiger partial charge in [0.2, 0.25) is 5.91 Å². The number of carbonyl (C=O) groups excluding carboxylic acids is 2. The molecule has 2 saturated heterocycles. The Morgan fingerprint density at radius 3 is 2.64 bits per heavy atom. The summed E-state index contributed by atoms with van der Waals surface area (Å²) in [7, 11) is 0. The van der Waals surface area contributed by atoms with Crippen LogP contribution in [0.25, 0.3) is 11.0 Å². The quantitative estimate of drug-likeness (QED) is 0.807. The number of ether oxygens (including phenoxy) is 1. The molecule has 2 aliphatic heterocycles. The highest BCUT2D eigenvalue weighted by Crippen LogP contribution is 2.20. The first-order chi connectivity index (χ1) is 12.1. The molecule has 2 fully saturated rings. The maximum Gasteiger partial charge on any atom is 0.257 e. The smallest absolute Gasteiger partial charge is 0.257 e. The third kappa shape index (κ3) is 2.93. The minimum Gasteiger partial charge on any atom is -0.379 e. The number of fused-ring (bicyclic) bond motifs is 1. The lowest BCUT2D eigenvalue weighted by Crippen LogP contribution is -2.55. The van der Waals surface area contributed by atoms with Crippen molar-refractivity contribution < 1.29 is 18.7 Å². The SMILES string of the molecule is O=C(c1cc2nccnc2cc1F)N1CCN(C2CCOC2)C(=O)C1. The Bertz CT molecular complexity index is 838. The Morgan fingerprint density at radius 2 is 1.96 bits per heavy atom. The van der Waals surface area contributed by atoms with Crippen molar-refractivity contribution in [2.24, 2.45) is 0 Å². The summed E-state index contributed by atoms with van der Waals surface area (Å²) in [4.78, 5) is 36.3. The molecule has 1 atom stereocenters. The van der Waals surface area contributed by atoms with Gasteiger partial charge < -0.3 is 14.5 Å². The number of halogens is 1. The number of hydrogen-bond acceptors (Lipinski definition) is 5. The van der Waals surface area contributed by atoms with Crippen LogP contribution in [0.2, 0.25) is 0 Å². The zero-order chi connectivity index (χ0) is 17.4. The summed E-state index contributed by atoms with van der Waals surface area (Å²) in [6, 6.07) is 2.67. The molecule has 130 valence electrons. The number of aromatic nitrogens is 2. The Labute approximate surface area is 143 Å². The van der Waals surface area contributed by atoms with Crippen LogP contribution in [0.3, 0.4) is 0 Å². The van der Waals surface area contributed by atoms with Crippen LogP contribution in [0.15, 0.2) is 24.5 Å². The van der Waals surface area contributed by atoms with Crippen molar-refractivity contribution in [3.05, 3.63) is 35.9 Å². The first-order valence-corrected chi connectivity index (χ1v) is 8.20. The maximum atomic E-state index is 14.3. The molecule has 8 heteroatoms. The zero-order valence-corrected chi connectivity index (χ0v) is 13.5. The van der Waals surface area contributed by atoms with Gasteiger partial charge in [0.05, 0.1) is 29.2 Å². The molecule has 25 heavy (non-hydrogen) atoms. The molecule has 0 radical (unpaired) electrons. The Kier molecular flexibility index (Phi) is 4.04. The first-order valence-electron chi connectivity index (χ1n) is 8.20. The van der Waals surface area contributed by atoms with Gasteiger partial charge in [0.1, 0.15) is 12.4 Å².